The van der Waals surface area contributed by atoms with Crippen LogP contribution < -0.4 is 5.32 Å². The molecule has 20 heavy (non-hydrogen) atoms. The van der Waals surface area contributed by atoms with E-state index < -0.39 is 0 Å². The third-order valence-electron chi connectivity index (χ3n) is 3.53. The Kier molecular flexibility index (Phi) is 4.84. The molecule has 2 N–H and O–H groups in total. The molecule has 0 heterocycles. The zero-order valence-corrected chi connectivity index (χ0v) is 13.7. The summed E-state index contributed by atoms with van der Waals surface area (Å²) in [4.78, 5) is 0. The van der Waals surface area contributed by atoms with Crippen LogP contribution in [0.25, 0.3) is 0 Å². The van der Waals surface area contributed by atoms with Gasteiger partial charge >= 0.3 is 0 Å². The van der Waals surface area contributed by atoms with Crippen LogP contribution in [0.4, 0.5) is 0 Å². The molecule has 0 saturated carbocycles. The van der Waals surface area contributed by atoms with Crippen molar-refractivity contribution < 1.29 is 5.11 Å². The topological polar surface area (TPSA) is 32.3 Å². The van der Waals surface area contributed by atoms with Gasteiger partial charge in [-0.1, -0.05) is 40.2 Å². The van der Waals surface area contributed by atoms with Crippen LogP contribution in [0, 0.1) is 13.8 Å². The van der Waals surface area contributed by atoms with Crippen LogP contribution >= 0.6 is 15.9 Å². The quantitative estimate of drug-likeness (QED) is 0.855. The third kappa shape index (κ3) is 3.62. The predicted molar refractivity (Wildman–Crippen MR) is 87.0 cm³/mol. The van der Waals surface area contributed by atoms with Crippen LogP contribution in [0.2, 0.25) is 0 Å². The first kappa shape index (κ1) is 15.1. The number of phenols is 1. The van der Waals surface area contributed by atoms with Gasteiger partial charge in [-0.25, -0.2) is 0 Å². The van der Waals surface area contributed by atoms with E-state index in [0.29, 0.717) is 5.75 Å². The van der Waals surface area contributed by atoms with Gasteiger partial charge in [0.25, 0.3) is 0 Å². The molecular formula is C17H20BrNO. The van der Waals surface area contributed by atoms with Crippen molar-refractivity contribution in [2.45, 2.75) is 33.4 Å². The molecule has 0 aliphatic rings. The Bertz CT molecular complexity index is 569. The Balaban J connectivity index is 2.03. The van der Waals surface area contributed by atoms with E-state index in [2.05, 4.69) is 52.4 Å². The molecule has 0 aliphatic heterocycles. The maximum Gasteiger partial charge on any atom is 0.121 e. The third-order valence-corrected chi connectivity index (χ3v) is 4.06. The Morgan fingerprint density at radius 2 is 1.65 bits per heavy atom. The molecule has 0 radical (unpaired) electrons. The maximum absolute atomic E-state index is 9.79. The molecule has 0 amide bonds. The van der Waals surface area contributed by atoms with Crippen molar-refractivity contribution in [3.63, 3.8) is 0 Å². The van der Waals surface area contributed by atoms with Crippen molar-refractivity contribution in [1.82, 2.24) is 5.32 Å². The van der Waals surface area contributed by atoms with E-state index in [4.69, 9.17) is 0 Å². The fourth-order valence-electron chi connectivity index (χ4n) is 2.29. The van der Waals surface area contributed by atoms with Gasteiger partial charge in [0.15, 0.2) is 0 Å². The molecule has 2 nitrogen and oxygen atoms in total. The van der Waals surface area contributed by atoms with Crippen molar-refractivity contribution in [3.05, 3.63) is 63.1 Å². The summed E-state index contributed by atoms with van der Waals surface area (Å²) in [6, 6.07) is 12.7. The van der Waals surface area contributed by atoms with Gasteiger partial charge in [-0.2, -0.15) is 0 Å². The molecular weight excluding hydrogens is 314 g/mol. The molecule has 0 bridgehead atoms. The van der Waals surface area contributed by atoms with Crippen LogP contribution in [0.1, 0.15) is 35.2 Å². The summed E-state index contributed by atoms with van der Waals surface area (Å²) in [5, 5.41) is 13.3. The second-order valence-electron chi connectivity index (χ2n) is 5.23. The van der Waals surface area contributed by atoms with Gasteiger partial charge in [-0.3, -0.25) is 0 Å². The normalized spacial score (nSPS) is 12.4. The van der Waals surface area contributed by atoms with Crippen molar-refractivity contribution in [3.8, 4) is 5.75 Å². The molecule has 0 fully saturated rings. The van der Waals surface area contributed by atoms with Gasteiger partial charge < -0.3 is 10.4 Å². The van der Waals surface area contributed by atoms with E-state index in [1.165, 1.54) is 11.1 Å². The van der Waals surface area contributed by atoms with Gasteiger partial charge in [0.1, 0.15) is 5.75 Å². The van der Waals surface area contributed by atoms with E-state index in [-0.39, 0.29) is 6.04 Å². The van der Waals surface area contributed by atoms with Gasteiger partial charge in [0.05, 0.1) is 0 Å². The Hall–Kier alpha value is -1.32. The van der Waals surface area contributed by atoms with Gasteiger partial charge in [0.2, 0.25) is 0 Å². The fraction of sp³-hybridized carbons (Fsp3) is 0.294. The average Bonchev–Trinajstić information content (AvgIpc) is 2.42. The van der Waals surface area contributed by atoms with Crippen LogP contribution in [0.5, 0.6) is 5.75 Å². The summed E-state index contributed by atoms with van der Waals surface area (Å²) in [5.74, 6) is 0.398. The molecule has 106 valence electrons. The van der Waals surface area contributed by atoms with Gasteiger partial charge in [0, 0.05) is 17.1 Å². The summed E-state index contributed by atoms with van der Waals surface area (Å²) in [7, 11) is 0. The Labute approximate surface area is 129 Å². The van der Waals surface area contributed by atoms with Crippen LogP contribution in [-0.2, 0) is 6.54 Å². The number of halogens is 1. The van der Waals surface area contributed by atoms with Crippen molar-refractivity contribution in [2.75, 3.05) is 0 Å². The lowest BCUT2D eigenvalue weighted by atomic mass is 10.0. The van der Waals surface area contributed by atoms with Gasteiger partial charge in [-0.15, -0.1) is 0 Å². The highest BCUT2D eigenvalue weighted by Crippen LogP contribution is 2.23. The first-order chi connectivity index (χ1) is 9.47. The minimum absolute atomic E-state index is 0.289. The zero-order chi connectivity index (χ0) is 14.7. The molecule has 1 atom stereocenters. The number of hydrogen-bond donors (Lipinski definition) is 2. The van der Waals surface area contributed by atoms with Crippen LogP contribution in [0.15, 0.2) is 40.9 Å². The fourth-order valence-corrected chi connectivity index (χ4v) is 2.55. The molecule has 2 aromatic carbocycles. The van der Waals surface area contributed by atoms with Crippen molar-refractivity contribution in [2.24, 2.45) is 0 Å². The lowest BCUT2D eigenvalue weighted by Crippen LogP contribution is -2.18. The molecule has 2 aromatic rings. The highest BCUT2D eigenvalue weighted by Gasteiger charge is 2.07. The van der Waals surface area contributed by atoms with Crippen molar-refractivity contribution >= 4 is 15.9 Å². The van der Waals surface area contributed by atoms with Crippen molar-refractivity contribution in [1.29, 1.82) is 0 Å². The highest BCUT2D eigenvalue weighted by molar-refractivity contribution is 9.10. The molecule has 2 rings (SSSR count). The summed E-state index contributed by atoms with van der Waals surface area (Å²) in [6.45, 7) is 6.82. The minimum Gasteiger partial charge on any atom is -0.507 e. The van der Waals surface area contributed by atoms with E-state index >= 15 is 0 Å². The monoisotopic (exact) mass is 333 g/mol. The lowest BCUT2D eigenvalue weighted by molar-refractivity contribution is 0.466. The second kappa shape index (κ2) is 6.42. The predicted octanol–water partition coefficient (Wildman–Crippen LogP) is 4.62. The largest absolute Gasteiger partial charge is 0.507 e. The smallest absolute Gasteiger partial charge is 0.121 e. The van der Waals surface area contributed by atoms with E-state index in [1.54, 1.807) is 0 Å². The highest BCUT2D eigenvalue weighted by atomic mass is 79.9. The second-order valence-corrected chi connectivity index (χ2v) is 6.15. The SMILES string of the molecule is Cc1cc(CN[C@H](C)c2ccc(Br)cc2)cc(C)c1O. The summed E-state index contributed by atoms with van der Waals surface area (Å²) >= 11 is 3.45. The molecule has 3 heteroatoms. The standard InChI is InChI=1S/C17H20BrNO/c1-11-8-14(9-12(2)17(11)20)10-19-13(3)15-4-6-16(18)7-5-15/h4-9,13,19-20H,10H2,1-3H3/t13-/m1/s1. The van der Waals surface area contributed by atoms with E-state index in [1.807, 2.05) is 26.0 Å². The number of nitrogens with one attached hydrogen (secondary N) is 1. The van der Waals surface area contributed by atoms with Crippen LogP contribution in [-0.4, -0.2) is 5.11 Å². The lowest BCUT2D eigenvalue weighted by Gasteiger charge is -2.15. The molecule has 0 unspecified atom stereocenters. The molecule has 0 saturated heterocycles. The number of benzene rings is 2. The summed E-state index contributed by atoms with van der Waals surface area (Å²) in [5.41, 5.74) is 4.32. The first-order valence-corrected chi connectivity index (χ1v) is 7.54. The minimum atomic E-state index is 0.289. The Morgan fingerprint density at radius 3 is 2.20 bits per heavy atom. The number of phenolic OH excluding ortho intramolecular Hbond substituents is 1. The Morgan fingerprint density at radius 1 is 1.10 bits per heavy atom. The number of aromatic hydroxyl groups is 1. The zero-order valence-electron chi connectivity index (χ0n) is 12.1. The summed E-state index contributed by atoms with van der Waals surface area (Å²) in [6.07, 6.45) is 0. The first-order valence-electron chi connectivity index (χ1n) is 6.75. The average molecular weight is 334 g/mol. The maximum atomic E-state index is 9.79. The van der Waals surface area contributed by atoms with Crippen LogP contribution in [0.3, 0.4) is 0 Å². The number of hydrogen-bond acceptors (Lipinski definition) is 2. The summed E-state index contributed by atoms with van der Waals surface area (Å²) < 4.78 is 1.10. The molecule has 0 spiro atoms. The number of rotatable bonds is 4. The van der Waals surface area contributed by atoms with E-state index in [9.17, 15) is 5.11 Å². The molecule has 0 aromatic heterocycles. The molecule has 0 aliphatic carbocycles. The van der Waals surface area contributed by atoms with Gasteiger partial charge in [-0.05, 0) is 55.2 Å². The van der Waals surface area contributed by atoms with E-state index in [0.717, 1.165) is 22.1 Å². The number of aryl methyl sites for hydroxylation is 2.